The van der Waals surface area contributed by atoms with Crippen molar-refractivity contribution in [2.45, 2.75) is 32.2 Å². The number of hydrogen-bond donors (Lipinski definition) is 2. The molecule has 0 saturated carbocycles. The van der Waals surface area contributed by atoms with Crippen LogP contribution in [0.5, 0.6) is 0 Å². The third-order valence-corrected chi connectivity index (χ3v) is 6.88. The molecule has 0 spiro atoms. The van der Waals surface area contributed by atoms with E-state index in [9.17, 15) is 24.0 Å². The number of carbonyl (C=O) groups excluding carboxylic acids is 5. The molecule has 2 saturated heterocycles. The molecular weight excluding hydrogens is 472 g/mol. The summed E-state index contributed by atoms with van der Waals surface area (Å²) >= 11 is 1.19. The van der Waals surface area contributed by atoms with E-state index in [-0.39, 0.29) is 29.5 Å². The lowest BCUT2D eigenvalue weighted by Crippen LogP contribution is -2.39. The first-order valence-electron chi connectivity index (χ1n) is 11.4. The summed E-state index contributed by atoms with van der Waals surface area (Å²) in [5, 5.41) is 5.39. The predicted octanol–water partition coefficient (Wildman–Crippen LogP) is 2.46. The van der Waals surface area contributed by atoms with Crippen molar-refractivity contribution in [1.82, 2.24) is 15.1 Å². The van der Waals surface area contributed by atoms with Gasteiger partial charge < -0.3 is 20.3 Å². The van der Waals surface area contributed by atoms with Gasteiger partial charge in [0.25, 0.3) is 5.91 Å². The number of urea groups is 1. The van der Waals surface area contributed by atoms with Gasteiger partial charge in [0.15, 0.2) is 0 Å². The van der Waals surface area contributed by atoms with Gasteiger partial charge in [0, 0.05) is 18.0 Å². The molecule has 1 unspecified atom stereocenters. The van der Waals surface area contributed by atoms with Crippen LogP contribution in [0.3, 0.4) is 0 Å². The molecule has 1 aromatic heterocycles. The lowest BCUT2D eigenvalue weighted by molar-refractivity contribution is -0.135. The third-order valence-electron chi connectivity index (χ3n) is 5.78. The van der Waals surface area contributed by atoms with Crippen LogP contribution in [0.1, 0.15) is 36.5 Å². The second kappa shape index (κ2) is 10.7. The number of nitrogens with zero attached hydrogens (tertiary/aromatic N) is 2. The van der Waals surface area contributed by atoms with E-state index in [1.807, 2.05) is 30.3 Å². The minimum atomic E-state index is -0.995. The topological polar surface area (TPSA) is 125 Å². The minimum absolute atomic E-state index is 0.138. The van der Waals surface area contributed by atoms with Gasteiger partial charge in [-0.2, -0.15) is 0 Å². The number of hydrogen-bond acceptors (Lipinski definition) is 7. The van der Waals surface area contributed by atoms with E-state index in [0.29, 0.717) is 13.1 Å². The SMILES string of the molecule is CCOC(=O)c1cc(-c2ccccc2)sc1NC(=O)CN1C(=O)NC(CC(=O)N2CCCC2)C1=O. The summed E-state index contributed by atoms with van der Waals surface area (Å²) in [6.07, 6.45) is 1.71. The van der Waals surface area contributed by atoms with Crippen LogP contribution in [0.15, 0.2) is 36.4 Å². The largest absolute Gasteiger partial charge is 0.462 e. The van der Waals surface area contributed by atoms with Crippen molar-refractivity contribution in [2.75, 3.05) is 31.6 Å². The zero-order chi connectivity index (χ0) is 24.9. The van der Waals surface area contributed by atoms with Crippen molar-refractivity contribution in [3.05, 3.63) is 42.0 Å². The molecule has 5 amide bonds. The average Bonchev–Trinajstić information content (AvgIpc) is 3.57. The summed E-state index contributed by atoms with van der Waals surface area (Å²) in [7, 11) is 0. The maximum Gasteiger partial charge on any atom is 0.341 e. The molecule has 0 aliphatic carbocycles. The van der Waals surface area contributed by atoms with E-state index < -0.39 is 36.4 Å². The zero-order valence-corrected chi connectivity index (χ0v) is 20.1. The number of rotatable bonds is 8. The van der Waals surface area contributed by atoms with Crippen molar-refractivity contribution in [1.29, 1.82) is 0 Å². The van der Waals surface area contributed by atoms with Gasteiger partial charge in [-0.15, -0.1) is 11.3 Å². The van der Waals surface area contributed by atoms with Gasteiger partial charge in [-0.25, -0.2) is 9.59 Å². The summed E-state index contributed by atoms with van der Waals surface area (Å²) < 4.78 is 5.11. The highest BCUT2D eigenvalue weighted by Crippen LogP contribution is 2.36. The van der Waals surface area contributed by atoms with Crippen molar-refractivity contribution in [2.24, 2.45) is 0 Å². The molecule has 35 heavy (non-hydrogen) atoms. The molecule has 0 bridgehead atoms. The lowest BCUT2D eigenvalue weighted by Gasteiger charge is -2.17. The molecule has 1 atom stereocenters. The maximum absolute atomic E-state index is 12.8. The molecule has 2 aliphatic rings. The number of benzene rings is 1. The average molecular weight is 499 g/mol. The van der Waals surface area contributed by atoms with Crippen LogP contribution in [0, 0.1) is 0 Å². The number of anilines is 1. The molecular formula is C24H26N4O6S. The molecule has 11 heteroatoms. The summed E-state index contributed by atoms with van der Waals surface area (Å²) in [5.41, 5.74) is 1.05. The van der Waals surface area contributed by atoms with Crippen LogP contribution in [-0.4, -0.2) is 71.8 Å². The van der Waals surface area contributed by atoms with Crippen LogP contribution >= 0.6 is 11.3 Å². The van der Waals surface area contributed by atoms with Crippen molar-refractivity contribution >= 4 is 46.1 Å². The van der Waals surface area contributed by atoms with Crippen molar-refractivity contribution in [3.63, 3.8) is 0 Å². The van der Waals surface area contributed by atoms with Crippen LogP contribution in [0.25, 0.3) is 10.4 Å². The van der Waals surface area contributed by atoms with Crippen LogP contribution in [0.2, 0.25) is 0 Å². The van der Waals surface area contributed by atoms with Gasteiger partial charge in [0.1, 0.15) is 17.6 Å². The Labute approximate surface area is 206 Å². The molecule has 0 radical (unpaired) electrons. The maximum atomic E-state index is 12.8. The van der Waals surface area contributed by atoms with E-state index in [1.165, 1.54) is 11.3 Å². The lowest BCUT2D eigenvalue weighted by atomic mass is 10.1. The Morgan fingerprint density at radius 3 is 2.54 bits per heavy atom. The normalized spacial score (nSPS) is 17.5. The quantitative estimate of drug-likeness (QED) is 0.426. The van der Waals surface area contributed by atoms with Crippen LogP contribution < -0.4 is 10.6 Å². The van der Waals surface area contributed by atoms with E-state index in [1.54, 1.807) is 17.9 Å². The van der Waals surface area contributed by atoms with E-state index in [0.717, 1.165) is 28.2 Å². The van der Waals surface area contributed by atoms with Gasteiger partial charge in [0.05, 0.1) is 18.6 Å². The highest BCUT2D eigenvalue weighted by molar-refractivity contribution is 7.20. The Morgan fingerprint density at radius 1 is 1.14 bits per heavy atom. The van der Waals surface area contributed by atoms with Crippen molar-refractivity contribution in [3.8, 4) is 10.4 Å². The monoisotopic (exact) mass is 498 g/mol. The summed E-state index contributed by atoms with van der Waals surface area (Å²) in [5.74, 6) is -2.05. The fraction of sp³-hybridized carbons (Fsp3) is 0.375. The van der Waals surface area contributed by atoms with Gasteiger partial charge in [-0.1, -0.05) is 30.3 Å². The molecule has 2 N–H and O–H groups in total. The molecule has 184 valence electrons. The minimum Gasteiger partial charge on any atom is -0.462 e. The van der Waals surface area contributed by atoms with Gasteiger partial charge >= 0.3 is 12.0 Å². The summed E-state index contributed by atoms with van der Waals surface area (Å²) in [6.45, 7) is 2.61. The number of thiophene rings is 1. The smallest absolute Gasteiger partial charge is 0.341 e. The standard InChI is InChI=1S/C24H26N4O6S/c1-2-34-23(32)16-12-18(15-8-4-3-5-9-15)35-21(16)26-19(29)14-28-22(31)17(25-24(28)33)13-20(30)27-10-6-7-11-27/h3-5,8-9,12,17H,2,6-7,10-11,13-14H2,1H3,(H,25,33)(H,26,29). The number of ether oxygens (including phenoxy) is 1. The molecule has 1 aromatic carbocycles. The van der Waals surface area contributed by atoms with E-state index in [2.05, 4.69) is 10.6 Å². The third kappa shape index (κ3) is 5.51. The molecule has 4 rings (SSSR count). The second-order valence-corrected chi connectivity index (χ2v) is 9.26. The first-order valence-corrected chi connectivity index (χ1v) is 12.2. The van der Waals surface area contributed by atoms with Gasteiger partial charge in [-0.3, -0.25) is 19.3 Å². The predicted molar refractivity (Wildman–Crippen MR) is 129 cm³/mol. The highest BCUT2D eigenvalue weighted by atomic mass is 32.1. The second-order valence-electron chi connectivity index (χ2n) is 8.21. The number of likely N-dealkylation sites (tertiary alicyclic amines) is 1. The molecule has 2 aliphatic heterocycles. The Hall–Kier alpha value is -3.73. The Bertz CT molecular complexity index is 1140. The molecule has 10 nitrogen and oxygen atoms in total. The highest BCUT2D eigenvalue weighted by Gasteiger charge is 2.41. The van der Waals surface area contributed by atoms with E-state index >= 15 is 0 Å². The molecule has 2 fully saturated rings. The summed E-state index contributed by atoms with van der Waals surface area (Å²) in [6, 6.07) is 9.26. The number of amides is 5. The van der Waals surface area contributed by atoms with Crippen LogP contribution in [0.4, 0.5) is 9.80 Å². The Kier molecular flexibility index (Phi) is 7.45. The number of imide groups is 1. The number of esters is 1. The van der Waals surface area contributed by atoms with Crippen LogP contribution in [-0.2, 0) is 19.1 Å². The van der Waals surface area contributed by atoms with E-state index in [4.69, 9.17) is 4.74 Å². The Balaban J connectivity index is 1.44. The van der Waals surface area contributed by atoms with Crippen molar-refractivity contribution < 1.29 is 28.7 Å². The van der Waals surface area contributed by atoms with Gasteiger partial charge in [-0.05, 0) is 31.4 Å². The number of nitrogens with one attached hydrogen (secondary N) is 2. The summed E-state index contributed by atoms with van der Waals surface area (Å²) in [4.78, 5) is 65.9. The zero-order valence-electron chi connectivity index (χ0n) is 19.2. The number of carbonyl (C=O) groups is 5. The fourth-order valence-corrected chi connectivity index (χ4v) is 5.10. The Morgan fingerprint density at radius 2 is 1.86 bits per heavy atom. The molecule has 3 heterocycles. The first kappa shape index (κ1) is 24.4. The van der Waals surface area contributed by atoms with Gasteiger partial charge in [0.2, 0.25) is 11.8 Å². The first-order chi connectivity index (χ1) is 16.9. The molecule has 2 aromatic rings. The fourth-order valence-electron chi connectivity index (χ4n) is 4.03.